The molecule has 0 aliphatic heterocycles. The van der Waals surface area contributed by atoms with Crippen LogP contribution in [-0.2, 0) is 11.3 Å². The van der Waals surface area contributed by atoms with E-state index in [2.05, 4.69) is 33.0 Å². The third-order valence-corrected chi connectivity index (χ3v) is 6.11. The smallest absolute Gasteiger partial charge is 0.233 e. The third-order valence-electron chi connectivity index (χ3n) is 4.04. The largest absolute Gasteiger partial charge is 0.356 e. The van der Waals surface area contributed by atoms with E-state index >= 15 is 0 Å². The van der Waals surface area contributed by atoms with E-state index in [1.807, 2.05) is 25.1 Å². The van der Waals surface area contributed by atoms with Crippen LogP contribution in [0.3, 0.4) is 0 Å². The lowest BCUT2D eigenvalue weighted by molar-refractivity contribution is -0.120. The summed E-state index contributed by atoms with van der Waals surface area (Å²) in [5, 5.41) is 15.4. The molecule has 1 aliphatic carbocycles. The quantitative estimate of drug-likeness (QED) is 0.735. The first-order valence-electron chi connectivity index (χ1n) is 8.29. The summed E-state index contributed by atoms with van der Waals surface area (Å²) in [6.45, 7) is 2.64. The number of hydrogen-bond donors (Lipinski definition) is 2. The maximum Gasteiger partial charge on any atom is 0.233 e. The molecule has 0 saturated heterocycles. The zero-order chi connectivity index (χ0) is 16.8. The van der Waals surface area contributed by atoms with Crippen molar-refractivity contribution in [2.75, 3.05) is 5.32 Å². The lowest BCUT2D eigenvalue weighted by Crippen LogP contribution is -2.37. The fourth-order valence-corrected chi connectivity index (χ4v) is 4.60. The van der Waals surface area contributed by atoms with Crippen LogP contribution in [0.1, 0.15) is 38.2 Å². The molecule has 1 amide bonds. The predicted octanol–water partition coefficient (Wildman–Crippen LogP) is 3.69. The van der Waals surface area contributed by atoms with Crippen molar-refractivity contribution in [2.24, 2.45) is 0 Å². The predicted molar refractivity (Wildman–Crippen MR) is 99.4 cm³/mol. The number of nitrogens with zero attached hydrogens (tertiary/aromatic N) is 2. The highest BCUT2D eigenvalue weighted by Gasteiger charge is 2.22. The Morgan fingerprint density at radius 3 is 2.79 bits per heavy atom. The number of nitrogens with one attached hydrogen (secondary N) is 2. The molecule has 1 fully saturated rings. The molecule has 24 heavy (non-hydrogen) atoms. The molecule has 1 heterocycles. The van der Waals surface area contributed by atoms with E-state index in [0.29, 0.717) is 6.04 Å². The minimum absolute atomic E-state index is 0.0981. The second-order valence-corrected chi connectivity index (χ2v) is 8.53. The molecular formula is C17H22N4OS2. The normalized spacial score (nSPS) is 16.0. The zero-order valence-corrected chi connectivity index (χ0v) is 15.3. The van der Waals surface area contributed by atoms with Crippen molar-refractivity contribution in [3.05, 3.63) is 35.9 Å². The topological polar surface area (TPSA) is 66.9 Å². The van der Waals surface area contributed by atoms with Gasteiger partial charge in [-0.15, -0.1) is 10.2 Å². The Morgan fingerprint density at radius 1 is 1.29 bits per heavy atom. The Labute approximate surface area is 150 Å². The molecule has 1 saturated carbocycles. The molecule has 1 atom stereocenters. The Morgan fingerprint density at radius 2 is 2.04 bits per heavy atom. The average Bonchev–Trinajstić information content (AvgIpc) is 3.26. The van der Waals surface area contributed by atoms with Crippen LogP contribution in [0.25, 0.3) is 0 Å². The molecule has 2 aromatic rings. The monoisotopic (exact) mass is 362 g/mol. The second kappa shape index (κ2) is 8.48. The number of hydrogen-bond acceptors (Lipinski definition) is 6. The van der Waals surface area contributed by atoms with E-state index in [0.717, 1.165) is 28.9 Å². The minimum atomic E-state index is -0.152. The summed E-state index contributed by atoms with van der Waals surface area (Å²) in [4.78, 5) is 12.2. The highest BCUT2D eigenvalue weighted by atomic mass is 32.2. The zero-order valence-electron chi connectivity index (χ0n) is 13.7. The molecule has 7 heteroatoms. The van der Waals surface area contributed by atoms with E-state index in [-0.39, 0.29) is 11.2 Å². The minimum Gasteiger partial charge on any atom is -0.356 e. The Hall–Kier alpha value is -1.60. The van der Waals surface area contributed by atoms with Crippen LogP contribution in [-0.4, -0.2) is 27.4 Å². The highest BCUT2D eigenvalue weighted by molar-refractivity contribution is 8.02. The first-order chi connectivity index (χ1) is 11.7. The van der Waals surface area contributed by atoms with Gasteiger partial charge in [-0.2, -0.15) is 0 Å². The molecule has 0 unspecified atom stereocenters. The number of rotatable bonds is 7. The number of aromatic nitrogens is 2. The van der Waals surface area contributed by atoms with Crippen molar-refractivity contribution < 1.29 is 4.79 Å². The maximum absolute atomic E-state index is 12.2. The molecule has 5 nitrogen and oxygen atoms in total. The average molecular weight is 363 g/mol. The summed E-state index contributed by atoms with van der Waals surface area (Å²) in [5.74, 6) is 0.0981. The number of carbonyl (C=O) groups excluding carboxylic acids is 1. The van der Waals surface area contributed by atoms with Crippen LogP contribution in [0.15, 0.2) is 34.7 Å². The van der Waals surface area contributed by atoms with Crippen LogP contribution in [0.4, 0.5) is 5.13 Å². The van der Waals surface area contributed by atoms with Crippen molar-refractivity contribution in [1.29, 1.82) is 0 Å². The lowest BCUT2D eigenvalue weighted by atomic mass is 10.2. The van der Waals surface area contributed by atoms with Gasteiger partial charge >= 0.3 is 0 Å². The Bertz CT molecular complexity index is 656. The van der Waals surface area contributed by atoms with Gasteiger partial charge < -0.3 is 10.6 Å². The van der Waals surface area contributed by atoms with Crippen LogP contribution in [0.5, 0.6) is 0 Å². The van der Waals surface area contributed by atoms with Gasteiger partial charge in [0.2, 0.25) is 11.0 Å². The van der Waals surface area contributed by atoms with Gasteiger partial charge in [0.15, 0.2) is 4.34 Å². The third kappa shape index (κ3) is 4.95. The van der Waals surface area contributed by atoms with Crippen molar-refractivity contribution in [3.63, 3.8) is 0 Å². The summed E-state index contributed by atoms with van der Waals surface area (Å²) in [7, 11) is 0. The van der Waals surface area contributed by atoms with Gasteiger partial charge in [0, 0.05) is 12.6 Å². The second-order valence-electron chi connectivity index (χ2n) is 5.96. The summed E-state index contributed by atoms with van der Waals surface area (Å²) >= 11 is 2.96. The summed E-state index contributed by atoms with van der Waals surface area (Å²) in [6, 6.07) is 10.5. The van der Waals surface area contributed by atoms with E-state index in [1.165, 1.54) is 41.5 Å². The first kappa shape index (κ1) is 17.2. The Kier molecular flexibility index (Phi) is 6.09. The van der Waals surface area contributed by atoms with Crippen molar-refractivity contribution in [2.45, 2.75) is 54.8 Å². The summed E-state index contributed by atoms with van der Waals surface area (Å²) < 4.78 is 0.819. The van der Waals surface area contributed by atoms with Gasteiger partial charge in [-0.05, 0) is 25.3 Å². The van der Waals surface area contributed by atoms with Gasteiger partial charge in [0.05, 0.1) is 5.25 Å². The molecular weight excluding hydrogens is 340 g/mol. The van der Waals surface area contributed by atoms with Gasteiger partial charge in [-0.1, -0.05) is 66.3 Å². The molecule has 128 valence electrons. The van der Waals surface area contributed by atoms with Crippen LogP contribution in [0, 0.1) is 0 Å². The van der Waals surface area contributed by atoms with Crippen LogP contribution < -0.4 is 10.6 Å². The molecule has 1 aliphatic rings. The van der Waals surface area contributed by atoms with Crippen LogP contribution >= 0.6 is 23.1 Å². The summed E-state index contributed by atoms with van der Waals surface area (Å²) in [6.07, 6.45) is 4.66. The van der Waals surface area contributed by atoms with E-state index in [9.17, 15) is 4.79 Å². The van der Waals surface area contributed by atoms with Crippen molar-refractivity contribution in [1.82, 2.24) is 15.5 Å². The number of amides is 1. The first-order valence-corrected chi connectivity index (χ1v) is 9.98. The van der Waals surface area contributed by atoms with Gasteiger partial charge in [0.25, 0.3) is 0 Å². The number of benzene rings is 1. The fourth-order valence-electron chi connectivity index (χ4n) is 2.70. The van der Waals surface area contributed by atoms with E-state index < -0.39 is 0 Å². The van der Waals surface area contributed by atoms with Gasteiger partial charge in [0.1, 0.15) is 0 Å². The molecule has 3 rings (SSSR count). The van der Waals surface area contributed by atoms with Gasteiger partial charge in [-0.3, -0.25) is 4.79 Å². The number of carbonyl (C=O) groups is 1. The van der Waals surface area contributed by atoms with Crippen molar-refractivity contribution in [3.8, 4) is 0 Å². The molecule has 2 N–H and O–H groups in total. The molecule has 1 aromatic carbocycles. The Balaban J connectivity index is 1.47. The lowest BCUT2D eigenvalue weighted by Gasteiger charge is -2.15. The maximum atomic E-state index is 12.2. The molecule has 0 spiro atoms. The summed E-state index contributed by atoms with van der Waals surface area (Å²) in [5.41, 5.74) is 1.20. The highest BCUT2D eigenvalue weighted by Crippen LogP contribution is 2.29. The van der Waals surface area contributed by atoms with E-state index in [1.54, 1.807) is 0 Å². The molecule has 0 radical (unpaired) electrons. The fraction of sp³-hybridized carbons (Fsp3) is 0.471. The van der Waals surface area contributed by atoms with Crippen LogP contribution in [0.2, 0.25) is 0 Å². The number of thioether (sulfide) groups is 1. The van der Waals surface area contributed by atoms with E-state index in [4.69, 9.17) is 0 Å². The SMILES string of the molecule is C[C@@H](Sc1nnc(NCc2ccccc2)s1)C(=O)NC1CCCC1. The standard InChI is InChI=1S/C17H22N4OS2/c1-12(15(22)19-14-9-5-6-10-14)23-17-21-20-16(24-17)18-11-13-7-3-2-4-8-13/h2-4,7-8,12,14H,5-6,9-11H2,1H3,(H,18,20)(H,19,22)/t12-/m1/s1. The molecule has 0 bridgehead atoms. The van der Waals surface area contributed by atoms with Crippen molar-refractivity contribution >= 4 is 34.1 Å². The number of anilines is 1. The molecule has 1 aromatic heterocycles. The van der Waals surface area contributed by atoms with Gasteiger partial charge in [-0.25, -0.2) is 0 Å².